The Hall–Kier alpha value is -3.28. The van der Waals surface area contributed by atoms with Gasteiger partial charge in [-0.25, -0.2) is 4.68 Å². The summed E-state index contributed by atoms with van der Waals surface area (Å²) in [6.07, 6.45) is 3.38. The maximum Gasteiger partial charge on any atom is 0.275 e. The Bertz CT molecular complexity index is 848. The summed E-state index contributed by atoms with van der Waals surface area (Å²) in [6.45, 7) is 1.17. The Labute approximate surface area is 158 Å². The predicted octanol–water partition coefficient (Wildman–Crippen LogP) is 3.47. The second-order valence-corrected chi connectivity index (χ2v) is 5.95. The Morgan fingerprint density at radius 2 is 1.74 bits per heavy atom. The molecule has 1 heterocycles. The second kappa shape index (κ2) is 9.43. The number of nitrogens with one attached hydrogen (secondary N) is 1. The number of para-hydroxylation sites is 2. The third-order valence-corrected chi connectivity index (χ3v) is 4.00. The van der Waals surface area contributed by atoms with E-state index in [4.69, 9.17) is 9.47 Å². The third kappa shape index (κ3) is 5.10. The summed E-state index contributed by atoms with van der Waals surface area (Å²) in [5.41, 5.74) is 1.15. The summed E-state index contributed by atoms with van der Waals surface area (Å²) < 4.78 is 12.6. The van der Waals surface area contributed by atoms with Crippen molar-refractivity contribution in [1.82, 2.24) is 15.1 Å². The first-order valence-electron chi connectivity index (χ1n) is 8.93. The van der Waals surface area contributed by atoms with Crippen LogP contribution in [0.25, 0.3) is 5.69 Å². The van der Waals surface area contributed by atoms with Crippen LogP contribution in [0.5, 0.6) is 11.5 Å². The maximum atomic E-state index is 12.4. The molecule has 2 aromatic carbocycles. The SMILES string of the molecule is COc1cn(-c2ccccc2)nc1C(=O)NCCCCOc1ccccc1. The van der Waals surface area contributed by atoms with E-state index in [0.717, 1.165) is 24.3 Å². The molecule has 0 atom stereocenters. The Kier molecular flexibility index (Phi) is 6.46. The number of benzene rings is 2. The quantitative estimate of drug-likeness (QED) is 0.590. The highest BCUT2D eigenvalue weighted by Crippen LogP contribution is 2.19. The minimum absolute atomic E-state index is 0.245. The molecule has 140 valence electrons. The maximum absolute atomic E-state index is 12.4. The Morgan fingerprint density at radius 3 is 2.44 bits per heavy atom. The van der Waals surface area contributed by atoms with E-state index in [1.54, 1.807) is 10.9 Å². The van der Waals surface area contributed by atoms with Crippen molar-refractivity contribution in [2.75, 3.05) is 20.3 Å². The lowest BCUT2D eigenvalue weighted by molar-refractivity contribution is 0.0944. The van der Waals surface area contributed by atoms with Gasteiger partial charge in [-0.05, 0) is 37.1 Å². The molecule has 1 amide bonds. The average Bonchev–Trinajstić information content (AvgIpc) is 3.16. The Morgan fingerprint density at radius 1 is 1.04 bits per heavy atom. The van der Waals surface area contributed by atoms with Gasteiger partial charge >= 0.3 is 0 Å². The van der Waals surface area contributed by atoms with E-state index in [-0.39, 0.29) is 11.6 Å². The topological polar surface area (TPSA) is 65.4 Å². The van der Waals surface area contributed by atoms with Crippen LogP contribution >= 0.6 is 0 Å². The molecule has 0 radical (unpaired) electrons. The average molecular weight is 365 g/mol. The summed E-state index contributed by atoms with van der Waals surface area (Å²) in [6, 6.07) is 19.3. The normalized spacial score (nSPS) is 10.4. The van der Waals surface area contributed by atoms with Crippen molar-refractivity contribution in [3.63, 3.8) is 0 Å². The Balaban J connectivity index is 1.47. The minimum Gasteiger partial charge on any atom is -0.494 e. The summed E-state index contributed by atoms with van der Waals surface area (Å²) in [5.74, 6) is 1.06. The van der Waals surface area contributed by atoms with Gasteiger partial charge in [-0.1, -0.05) is 36.4 Å². The van der Waals surface area contributed by atoms with Gasteiger partial charge < -0.3 is 14.8 Å². The molecule has 27 heavy (non-hydrogen) atoms. The van der Waals surface area contributed by atoms with Crippen molar-refractivity contribution in [3.8, 4) is 17.2 Å². The number of unbranched alkanes of at least 4 members (excludes halogenated alkanes) is 1. The molecule has 0 aliphatic rings. The van der Waals surface area contributed by atoms with E-state index in [0.29, 0.717) is 18.9 Å². The lowest BCUT2D eigenvalue weighted by Crippen LogP contribution is -2.25. The molecule has 1 aromatic heterocycles. The number of hydrogen-bond acceptors (Lipinski definition) is 4. The summed E-state index contributed by atoms with van der Waals surface area (Å²) in [5, 5.41) is 7.25. The molecular weight excluding hydrogens is 342 g/mol. The van der Waals surface area contributed by atoms with Crippen LogP contribution < -0.4 is 14.8 Å². The second-order valence-electron chi connectivity index (χ2n) is 5.95. The third-order valence-electron chi connectivity index (χ3n) is 4.00. The molecule has 0 bridgehead atoms. The molecule has 3 rings (SSSR count). The van der Waals surface area contributed by atoms with Crippen LogP contribution in [0.15, 0.2) is 66.9 Å². The lowest BCUT2D eigenvalue weighted by Gasteiger charge is -2.07. The van der Waals surface area contributed by atoms with Crippen LogP contribution in [0.2, 0.25) is 0 Å². The number of carbonyl (C=O) groups excluding carboxylic acids is 1. The lowest BCUT2D eigenvalue weighted by atomic mass is 10.3. The number of hydrogen-bond donors (Lipinski definition) is 1. The molecule has 0 unspecified atom stereocenters. The molecule has 0 saturated carbocycles. The van der Waals surface area contributed by atoms with E-state index in [1.807, 2.05) is 60.7 Å². The molecule has 0 fully saturated rings. The van der Waals surface area contributed by atoms with Crippen molar-refractivity contribution in [3.05, 3.63) is 72.6 Å². The van der Waals surface area contributed by atoms with Crippen molar-refractivity contribution in [1.29, 1.82) is 0 Å². The van der Waals surface area contributed by atoms with Gasteiger partial charge in [0, 0.05) is 6.54 Å². The van der Waals surface area contributed by atoms with Crippen LogP contribution in [-0.4, -0.2) is 35.9 Å². The zero-order valence-corrected chi connectivity index (χ0v) is 15.3. The highest BCUT2D eigenvalue weighted by Gasteiger charge is 2.17. The van der Waals surface area contributed by atoms with Gasteiger partial charge in [-0.15, -0.1) is 0 Å². The predicted molar refractivity (Wildman–Crippen MR) is 104 cm³/mol. The standard InChI is InChI=1S/C21H23N3O3/c1-26-19-16-24(17-10-4-2-5-11-17)23-20(19)21(25)22-14-8-9-15-27-18-12-6-3-7-13-18/h2-7,10-13,16H,8-9,14-15H2,1H3,(H,22,25). The molecule has 0 saturated heterocycles. The van der Waals surface area contributed by atoms with Gasteiger partial charge in [0.15, 0.2) is 11.4 Å². The monoisotopic (exact) mass is 365 g/mol. The van der Waals surface area contributed by atoms with Crippen LogP contribution in [0.4, 0.5) is 0 Å². The van der Waals surface area contributed by atoms with Crippen LogP contribution in [0, 0.1) is 0 Å². The molecular formula is C21H23N3O3. The molecule has 1 N–H and O–H groups in total. The number of amides is 1. The van der Waals surface area contributed by atoms with Gasteiger partial charge in [-0.2, -0.15) is 5.10 Å². The van der Waals surface area contributed by atoms with Gasteiger partial charge in [0.25, 0.3) is 5.91 Å². The number of rotatable bonds is 9. The van der Waals surface area contributed by atoms with E-state index >= 15 is 0 Å². The fourth-order valence-electron chi connectivity index (χ4n) is 2.60. The number of ether oxygens (including phenoxy) is 2. The highest BCUT2D eigenvalue weighted by molar-refractivity contribution is 5.94. The molecule has 3 aromatic rings. The summed E-state index contributed by atoms with van der Waals surface area (Å²) in [7, 11) is 1.53. The highest BCUT2D eigenvalue weighted by atomic mass is 16.5. The van der Waals surface area contributed by atoms with Gasteiger partial charge in [-0.3, -0.25) is 4.79 Å². The zero-order chi connectivity index (χ0) is 18.9. The first kappa shape index (κ1) is 18.5. The largest absolute Gasteiger partial charge is 0.494 e. The van der Waals surface area contributed by atoms with E-state index < -0.39 is 0 Å². The summed E-state index contributed by atoms with van der Waals surface area (Å²) in [4.78, 5) is 12.4. The number of methoxy groups -OCH3 is 1. The number of aromatic nitrogens is 2. The van der Waals surface area contributed by atoms with E-state index in [9.17, 15) is 4.79 Å². The van der Waals surface area contributed by atoms with Crippen LogP contribution in [0.1, 0.15) is 23.3 Å². The van der Waals surface area contributed by atoms with Crippen LogP contribution in [0.3, 0.4) is 0 Å². The summed E-state index contributed by atoms with van der Waals surface area (Å²) >= 11 is 0. The van der Waals surface area contributed by atoms with E-state index in [2.05, 4.69) is 10.4 Å². The van der Waals surface area contributed by atoms with Gasteiger partial charge in [0.2, 0.25) is 0 Å². The van der Waals surface area contributed by atoms with E-state index in [1.165, 1.54) is 7.11 Å². The minimum atomic E-state index is -0.245. The van der Waals surface area contributed by atoms with Gasteiger partial charge in [0.05, 0.1) is 25.6 Å². The smallest absolute Gasteiger partial charge is 0.275 e. The number of nitrogens with zero attached hydrogens (tertiary/aromatic N) is 2. The van der Waals surface area contributed by atoms with Crippen molar-refractivity contribution < 1.29 is 14.3 Å². The molecule has 0 spiro atoms. The van der Waals surface area contributed by atoms with Crippen molar-refractivity contribution in [2.24, 2.45) is 0 Å². The van der Waals surface area contributed by atoms with Gasteiger partial charge in [0.1, 0.15) is 5.75 Å². The zero-order valence-electron chi connectivity index (χ0n) is 15.3. The van der Waals surface area contributed by atoms with Crippen molar-refractivity contribution >= 4 is 5.91 Å². The molecule has 6 heteroatoms. The first-order valence-corrected chi connectivity index (χ1v) is 8.93. The molecule has 0 aliphatic heterocycles. The number of carbonyl (C=O) groups is 1. The first-order chi connectivity index (χ1) is 13.3. The molecule has 0 aliphatic carbocycles. The van der Waals surface area contributed by atoms with Crippen LogP contribution in [-0.2, 0) is 0 Å². The molecule has 6 nitrogen and oxygen atoms in total. The van der Waals surface area contributed by atoms with Crippen molar-refractivity contribution in [2.45, 2.75) is 12.8 Å². The fraction of sp³-hybridized carbons (Fsp3) is 0.238. The fourth-order valence-corrected chi connectivity index (χ4v) is 2.60.